The Hall–Kier alpha value is -1.31. The van der Waals surface area contributed by atoms with Gasteiger partial charge in [0, 0.05) is 5.70 Å². The van der Waals surface area contributed by atoms with Gasteiger partial charge >= 0.3 is 0 Å². The molecule has 0 bridgehead atoms. The maximum absolute atomic E-state index is 5.58. The number of nitrogens with two attached hydrogens (primary N) is 1. The first kappa shape index (κ1) is 11.7. The second kappa shape index (κ2) is 5.36. The van der Waals surface area contributed by atoms with Gasteiger partial charge in [0.15, 0.2) is 0 Å². The highest BCUT2D eigenvalue weighted by Crippen LogP contribution is 2.16. The predicted molar refractivity (Wildman–Crippen MR) is 56.0 cm³/mol. The molecule has 0 unspecified atom stereocenters. The van der Waals surface area contributed by atoms with Crippen molar-refractivity contribution in [3.8, 4) is 0 Å². The van der Waals surface area contributed by atoms with Gasteiger partial charge in [-0.05, 0) is 37.5 Å². The van der Waals surface area contributed by atoms with E-state index in [0.717, 1.165) is 12.1 Å². The zero-order valence-electron chi connectivity index (χ0n) is 8.08. The van der Waals surface area contributed by atoms with Crippen LogP contribution in [-0.4, -0.2) is 0 Å². The second-order valence-corrected chi connectivity index (χ2v) is 3.09. The lowest BCUT2D eigenvalue weighted by Gasteiger charge is -2.05. The summed E-state index contributed by atoms with van der Waals surface area (Å²) < 4.78 is 0. The van der Waals surface area contributed by atoms with Crippen LogP contribution in [-0.2, 0) is 0 Å². The molecule has 0 aromatic carbocycles. The monoisotopic (exact) mass is 181 g/mol. The minimum absolute atomic E-state index is 0. The molecule has 0 spiro atoms. The highest BCUT2D eigenvalue weighted by atomic mass is 19.0. The molecule has 0 atom stereocenters. The second-order valence-electron chi connectivity index (χ2n) is 3.09. The summed E-state index contributed by atoms with van der Waals surface area (Å²) >= 11 is 0. The van der Waals surface area contributed by atoms with Gasteiger partial charge in [-0.1, -0.05) is 24.3 Å². The smallest absolute Gasteiger partial charge is 0.00516 e. The lowest BCUT2D eigenvalue weighted by atomic mass is 10.0. The van der Waals surface area contributed by atoms with Crippen molar-refractivity contribution < 1.29 is 4.70 Å². The first-order valence-electron chi connectivity index (χ1n) is 4.17. The fourth-order valence-corrected chi connectivity index (χ4v) is 1.24. The number of allylic oxidation sites excluding steroid dienone is 8. The lowest BCUT2D eigenvalue weighted by Crippen LogP contribution is -1.92. The Morgan fingerprint density at radius 2 is 2.08 bits per heavy atom. The molecular weight excluding hydrogens is 165 g/mol. The zero-order valence-corrected chi connectivity index (χ0v) is 8.08. The van der Waals surface area contributed by atoms with Crippen LogP contribution in [0.5, 0.6) is 0 Å². The van der Waals surface area contributed by atoms with E-state index in [1.54, 1.807) is 0 Å². The Labute approximate surface area is 78.7 Å². The summed E-state index contributed by atoms with van der Waals surface area (Å²) in [5, 5.41) is 0. The fraction of sp³-hybridized carbons (Fsp3) is 0.273. The standard InChI is InChI=1S/C11H15N.FH/c1-9(8-10(2)12)11-6-4-3-5-7-11;/h3-6,8H,7,12H2,1-2H3;1H/b10-8-,11-9-;. The molecule has 0 radical (unpaired) electrons. The minimum Gasteiger partial charge on any atom is -0.402 e. The zero-order chi connectivity index (χ0) is 8.97. The maximum atomic E-state index is 5.58. The third-order valence-electron chi connectivity index (χ3n) is 1.83. The Balaban J connectivity index is 0.00000144. The van der Waals surface area contributed by atoms with E-state index in [1.165, 1.54) is 11.1 Å². The Kier molecular flexibility index (Phi) is 4.82. The van der Waals surface area contributed by atoms with E-state index in [2.05, 4.69) is 31.2 Å². The number of halogens is 1. The van der Waals surface area contributed by atoms with Gasteiger partial charge in [-0.25, -0.2) is 0 Å². The molecule has 0 aromatic heterocycles. The summed E-state index contributed by atoms with van der Waals surface area (Å²) in [6.07, 6.45) is 11.4. The fourth-order valence-electron chi connectivity index (χ4n) is 1.24. The van der Waals surface area contributed by atoms with Crippen LogP contribution in [0, 0.1) is 0 Å². The summed E-state index contributed by atoms with van der Waals surface area (Å²) in [4.78, 5) is 0. The largest absolute Gasteiger partial charge is 0.402 e. The molecule has 0 saturated heterocycles. The van der Waals surface area contributed by atoms with Gasteiger partial charge in [-0.15, -0.1) is 0 Å². The van der Waals surface area contributed by atoms with Gasteiger partial charge in [0.05, 0.1) is 0 Å². The molecule has 1 nitrogen and oxygen atoms in total. The minimum atomic E-state index is 0. The number of hydrogen-bond acceptors (Lipinski definition) is 1. The quantitative estimate of drug-likeness (QED) is 0.661. The van der Waals surface area contributed by atoms with Gasteiger partial charge in [-0.3, -0.25) is 4.70 Å². The summed E-state index contributed by atoms with van der Waals surface area (Å²) in [5.74, 6) is 0. The first-order valence-corrected chi connectivity index (χ1v) is 4.17. The normalized spacial score (nSPS) is 19.7. The van der Waals surface area contributed by atoms with Crippen LogP contribution in [0.2, 0.25) is 0 Å². The van der Waals surface area contributed by atoms with Crippen molar-refractivity contribution in [1.82, 2.24) is 0 Å². The summed E-state index contributed by atoms with van der Waals surface area (Å²) in [6.45, 7) is 4.00. The van der Waals surface area contributed by atoms with Crippen LogP contribution >= 0.6 is 0 Å². The molecule has 2 heteroatoms. The SMILES string of the molecule is C/C(N)=C/C(C)=C1/C=CC=CC1.F. The average Bonchev–Trinajstić information content (AvgIpc) is 2.05. The van der Waals surface area contributed by atoms with Crippen LogP contribution in [0.3, 0.4) is 0 Å². The first-order chi connectivity index (χ1) is 5.70. The van der Waals surface area contributed by atoms with Gasteiger partial charge in [0.1, 0.15) is 0 Å². The van der Waals surface area contributed by atoms with Crippen molar-refractivity contribution in [2.45, 2.75) is 20.3 Å². The van der Waals surface area contributed by atoms with Gasteiger partial charge < -0.3 is 5.73 Å². The third-order valence-corrected chi connectivity index (χ3v) is 1.83. The van der Waals surface area contributed by atoms with Gasteiger partial charge in [0.25, 0.3) is 0 Å². The van der Waals surface area contributed by atoms with E-state index in [9.17, 15) is 0 Å². The van der Waals surface area contributed by atoms with E-state index in [4.69, 9.17) is 5.73 Å². The van der Waals surface area contributed by atoms with Crippen LogP contribution in [0.25, 0.3) is 0 Å². The molecule has 0 heterocycles. The highest BCUT2D eigenvalue weighted by Gasteiger charge is 1.97. The van der Waals surface area contributed by atoms with E-state index >= 15 is 0 Å². The van der Waals surface area contributed by atoms with Crippen molar-refractivity contribution in [3.05, 3.63) is 47.2 Å². The van der Waals surface area contributed by atoms with Crippen molar-refractivity contribution in [2.75, 3.05) is 0 Å². The molecule has 1 aliphatic rings. The van der Waals surface area contributed by atoms with E-state index in [0.29, 0.717) is 0 Å². The predicted octanol–water partition coefficient (Wildman–Crippen LogP) is 2.83. The third kappa shape index (κ3) is 3.74. The van der Waals surface area contributed by atoms with Crippen molar-refractivity contribution in [2.24, 2.45) is 5.73 Å². The molecule has 72 valence electrons. The molecule has 0 amide bonds. The molecule has 0 fully saturated rings. The number of hydrogen-bond donors (Lipinski definition) is 1. The maximum Gasteiger partial charge on any atom is 0.00516 e. The van der Waals surface area contributed by atoms with Crippen molar-refractivity contribution >= 4 is 0 Å². The summed E-state index contributed by atoms with van der Waals surface area (Å²) in [7, 11) is 0. The Morgan fingerprint density at radius 3 is 2.54 bits per heavy atom. The highest BCUT2D eigenvalue weighted by molar-refractivity contribution is 5.38. The van der Waals surface area contributed by atoms with Crippen molar-refractivity contribution in [3.63, 3.8) is 0 Å². The van der Waals surface area contributed by atoms with Crippen LogP contribution < -0.4 is 5.73 Å². The molecule has 0 aliphatic heterocycles. The Bertz CT molecular complexity index is 278. The van der Waals surface area contributed by atoms with E-state index in [1.807, 2.05) is 13.0 Å². The van der Waals surface area contributed by atoms with Gasteiger partial charge in [0.2, 0.25) is 0 Å². The topological polar surface area (TPSA) is 26.0 Å². The Morgan fingerprint density at radius 1 is 1.38 bits per heavy atom. The van der Waals surface area contributed by atoms with Crippen LogP contribution in [0.15, 0.2) is 47.2 Å². The molecular formula is C11H16FN. The summed E-state index contributed by atoms with van der Waals surface area (Å²) in [6, 6.07) is 0. The summed E-state index contributed by atoms with van der Waals surface area (Å²) in [5.41, 5.74) is 9.06. The van der Waals surface area contributed by atoms with Crippen LogP contribution in [0.4, 0.5) is 4.70 Å². The van der Waals surface area contributed by atoms with E-state index in [-0.39, 0.29) is 4.70 Å². The molecule has 1 rings (SSSR count). The lowest BCUT2D eigenvalue weighted by molar-refractivity contribution is 1.11. The van der Waals surface area contributed by atoms with Crippen LogP contribution in [0.1, 0.15) is 20.3 Å². The molecule has 0 aromatic rings. The molecule has 0 saturated carbocycles. The number of rotatable bonds is 1. The van der Waals surface area contributed by atoms with Crippen molar-refractivity contribution in [1.29, 1.82) is 0 Å². The molecule has 1 aliphatic carbocycles. The average molecular weight is 181 g/mol. The van der Waals surface area contributed by atoms with E-state index < -0.39 is 0 Å². The molecule has 2 N–H and O–H groups in total. The van der Waals surface area contributed by atoms with Gasteiger partial charge in [-0.2, -0.15) is 0 Å². The molecule has 13 heavy (non-hydrogen) atoms.